The van der Waals surface area contributed by atoms with Gasteiger partial charge in [-0.05, 0) is 62.6 Å². The molecule has 8 heteroatoms. The Morgan fingerprint density at radius 3 is 2.74 bits per heavy atom. The Labute approximate surface area is 208 Å². The Kier molecular flexibility index (Phi) is 8.95. The topological polar surface area (TPSA) is 86.8 Å². The summed E-state index contributed by atoms with van der Waals surface area (Å²) in [7, 11) is 0. The number of anilines is 1. The van der Waals surface area contributed by atoms with E-state index in [4.69, 9.17) is 4.74 Å². The van der Waals surface area contributed by atoms with Gasteiger partial charge in [0.25, 0.3) is 0 Å². The van der Waals surface area contributed by atoms with Crippen LogP contribution in [-0.2, 0) is 11.3 Å². The van der Waals surface area contributed by atoms with E-state index in [0.717, 1.165) is 45.3 Å². The second-order valence-electron chi connectivity index (χ2n) is 9.30. The summed E-state index contributed by atoms with van der Waals surface area (Å²) in [6.07, 6.45) is 8.61. The van der Waals surface area contributed by atoms with Gasteiger partial charge >= 0.3 is 6.03 Å². The summed E-state index contributed by atoms with van der Waals surface area (Å²) in [5.41, 5.74) is 1.83. The molecule has 0 bridgehead atoms. The lowest BCUT2D eigenvalue weighted by atomic mass is 9.89. The number of benzene rings is 1. The van der Waals surface area contributed by atoms with Gasteiger partial charge in [0.1, 0.15) is 5.75 Å². The number of nitrogens with one attached hydrogen (secondary N) is 2. The van der Waals surface area contributed by atoms with Crippen LogP contribution in [0.1, 0.15) is 44.6 Å². The molecular formula is C27H37N5O3. The van der Waals surface area contributed by atoms with Gasteiger partial charge < -0.3 is 20.3 Å². The second kappa shape index (κ2) is 12.5. The number of hydrogen-bond donors (Lipinski definition) is 2. The summed E-state index contributed by atoms with van der Waals surface area (Å²) in [5.74, 6) is 0.625. The van der Waals surface area contributed by atoms with E-state index in [2.05, 4.69) is 20.5 Å². The fourth-order valence-electron chi connectivity index (χ4n) is 5.06. The van der Waals surface area contributed by atoms with Crippen LogP contribution >= 0.6 is 0 Å². The summed E-state index contributed by atoms with van der Waals surface area (Å²) in [4.78, 5) is 34.9. The molecule has 2 atom stereocenters. The first-order valence-electron chi connectivity index (χ1n) is 12.8. The highest BCUT2D eigenvalue weighted by molar-refractivity contribution is 5.91. The molecule has 3 amide bonds. The van der Waals surface area contributed by atoms with Gasteiger partial charge in [-0.25, -0.2) is 4.79 Å². The van der Waals surface area contributed by atoms with Gasteiger partial charge in [0.15, 0.2) is 0 Å². The van der Waals surface area contributed by atoms with Crippen molar-refractivity contribution in [2.24, 2.45) is 5.92 Å². The third-order valence-corrected chi connectivity index (χ3v) is 6.91. The van der Waals surface area contributed by atoms with E-state index in [-0.39, 0.29) is 23.9 Å². The molecule has 2 aliphatic rings. The van der Waals surface area contributed by atoms with Crippen LogP contribution in [0, 0.1) is 5.92 Å². The lowest BCUT2D eigenvalue weighted by Gasteiger charge is -2.43. The number of fused-ring (bicyclic) bond motifs is 1. The number of piperidine rings is 1. The van der Waals surface area contributed by atoms with Gasteiger partial charge in [-0.2, -0.15) is 0 Å². The zero-order valence-electron chi connectivity index (χ0n) is 20.6. The maximum Gasteiger partial charge on any atom is 0.322 e. The highest BCUT2D eigenvalue weighted by atomic mass is 16.5. The Hall–Kier alpha value is -3.13. The molecule has 1 aromatic carbocycles. The first kappa shape index (κ1) is 25.0. The number of carbonyl (C=O) groups excluding carboxylic acids is 2. The third kappa shape index (κ3) is 6.72. The maximum atomic E-state index is 13.3. The van der Waals surface area contributed by atoms with Crippen molar-refractivity contribution in [2.75, 3.05) is 38.1 Å². The minimum absolute atomic E-state index is 0.0529. The molecule has 188 valence electrons. The summed E-state index contributed by atoms with van der Waals surface area (Å²) in [6.45, 7) is 5.86. The van der Waals surface area contributed by atoms with E-state index >= 15 is 0 Å². The molecule has 0 saturated carbocycles. The lowest BCUT2D eigenvalue weighted by Crippen LogP contribution is -2.58. The van der Waals surface area contributed by atoms with E-state index in [1.165, 1.54) is 5.56 Å². The van der Waals surface area contributed by atoms with Crippen molar-refractivity contribution in [1.82, 2.24) is 20.1 Å². The summed E-state index contributed by atoms with van der Waals surface area (Å²) >= 11 is 0. The predicted molar refractivity (Wildman–Crippen MR) is 136 cm³/mol. The van der Waals surface area contributed by atoms with Gasteiger partial charge in [-0.15, -0.1) is 0 Å². The molecule has 2 aromatic rings. The normalized spacial score (nSPS) is 21.9. The van der Waals surface area contributed by atoms with Gasteiger partial charge in [0.05, 0.1) is 18.2 Å². The fraction of sp³-hybridized carbons (Fsp3) is 0.519. The monoisotopic (exact) mass is 479 g/mol. The number of amides is 3. The predicted octanol–water partition coefficient (Wildman–Crippen LogP) is 3.90. The molecule has 2 unspecified atom stereocenters. The van der Waals surface area contributed by atoms with Crippen molar-refractivity contribution in [2.45, 2.75) is 51.6 Å². The smallest absolute Gasteiger partial charge is 0.322 e. The van der Waals surface area contributed by atoms with E-state index in [9.17, 15) is 9.59 Å². The van der Waals surface area contributed by atoms with Crippen LogP contribution in [0.3, 0.4) is 0 Å². The van der Waals surface area contributed by atoms with Crippen LogP contribution < -0.4 is 15.4 Å². The molecule has 2 saturated heterocycles. The van der Waals surface area contributed by atoms with Crippen molar-refractivity contribution in [1.29, 1.82) is 0 Å². The SMILES string of the molecule is CCOc1ccccc1NC(=O)N1CCC2C(=O)NCCCCCCN(Cc3ccncc3)C2C1. The Morgan fingerprint density at radius 1 is 1.11 bits per heavy atom. The quantitative estimate of drug-likeness (QED) is 0.679. The average molecular weight is 480 g/mol. The number of carbonyl (C=O) groups is 2. The number of ether oxygens (including phenoxy) is 1. The molecule has 0 spiro atoms. The number of likely N-dealkylation sites (tertiary alicyclic amines) is 1. The molecule has 2 fully saturated rings. The molecule has 0 radical (unpaired) electrons. The molecular weight excluding hydrogens is 442 g/mol. The van der Waals surface area contributed by atoms with Gasteiger partial charge in [-0.1, -0.05) is 25.0 Å². The minimum Gasteiger partial charge on any atom is -0.492 e. The molecule has 2 N–H and O–H groups in total. The Balaban J connectivity index is 1.54. The fourth-order valence-corrected chi connectivity index (χ4v) is 5.06. The third-order valence-electron chi connectivity index (χ3n) is 6.91. The molecule has 0 aliphatic carbocycles. The molecule has 4 rings (SSSR count). The highest BCUT2D eigenvalue weighted by Gasteiger charge is 2.39. The first-order valence-corrected chi connectivity index (χ1v) is 12.8. The number of urea groups is 1. The van der Waals surface area contributed by atoms with Crippen LogP contribution in [-0.4, -0.2) is 65.5 Å². The van der Waals surface area contributed by atoms with Crippen molar-refractivity contribution >= 4 is 17.6 Å². The number of rotatable bonds is 5. The second-order valence-corrected chi connectivity index (χ2v) is 9.30. The van der Waals surface area contributed by atoms with Crippen LogP contribution in [0.4, 0.5) is 10.5 Å². The lowest BCUT2D eigenvalue weighted by molar-refractivity contribution is -0.129. The van der Waals surface area contributed by atoms with E-state index in [1.54, 1.807) is 0 Å². The number of hydrogen-bond acceptors (Lipinski definition) is 5. The van der Waals surface area contributed by atoms with E-state index in [1.807, 2.05) is 60.6 Å². The molecule has 35 heavy (non-hydrogen) atoms. The van der Waals surface area contributed by atoms with Gasteiger partial charge in [0, 0.05) is 44.6 Å². The van der Waals surface area contributed by atoms with Crippen molar-refractivity contribution in [3.8, 4) is 5.75 Å². The first-order chi connectivity index (χ1) is 17.2. The summed E-state index contributed by atoms with van der Waals surface area (Å²) in [6, 6.07) is 11.3. The number of pyridine rings is 1. The molecule has 1 aromatic heterocycles. The Bertz CT molecular complexity index is 970. The number of nitrogens with zero attached hydrogens (tertiary/aromatic N) is 3. The van der Waals surface area contributed by atoms with Crippen LogP contribution in [0.5, 0.6) is 5.75 Å². The maximum absolute atomic E-state index is 13.3. The van der Waals surface area contributed by atoms with E-state index < -0.39 is 0 Å². The largest absolute Gasteiger partial charge is 0.492 e. The van der Waals surface area contributed by atoms with Crippen LogP contribution in [0.15, 0.2) is 48.8 Å². The molecule has 3 heterocycles. The average Bonchev–Trinajstić information content (AvgIpc) is 2.91. The standard InChI is InChI=1S/C27H37N5O3/c1-2-35-25-10-6-5-9-23(25)30-27(34)32-18-13-22-24(20-32)31(19-21-11-15-28-16-12-21)17-8-4-3-7-14-29-26(22)33/h5-6,9-12,15-16,22,24H,2-4,7-8,13-14,17-20H2,1H3,(H,29,33)(H,30,34). The van der Waals surface area contributed by atoms with Crippen LogP contribution in [0.2, 0.25) is 0 Å². The summed E-state index contributed by atoms with van der Waals surface area (Å²) < 4.78 is 5.68. The zero-order valence-corrected chi connectivity index (χ0v) is 20.6. The highest BCUT2D eigenvalue weighted by Crippen LogP contribution is 2.28. The summed E-state index contributed by atoms with van der Waals surface area (Å²) in [5, 5.41) is 6.19. The molecule has 2 aliphatic heterocycles. The number of para-hydroxylation sites is 2. The molecule has 8 nitrogen and oxygen atoms in total. The number of aromatic nitrogens is 1. The minimum atomic E-state index is -0.158. The van der Waals surface area contributed by atoms with Gasteiger partial charge in [-0.3, -0.25) is 14.7 Å². The van der Waals surface area contributed by atoms with Crippen molar-refractivity contribution < 1.29 is 14.3 Å². The van der Waals surface area contributed by atoms with Crippen molar-refractivity contribution in [3.63, 3.8) is 0 Å². The van der Waals surface area contributed by atoms with Crippen molar-refractivity contribution in [3.05, 3.63) is 54.4 Å². The van der Waals surface area contributed by atoms with Gasteiger partial charge in [0.2, 0.25) is 5.91 Å². The zero-order chi connectivity index (χ0) is 24.5. The van der Waals surface area contributed by atoms with Crippen LogP contribution in [0.25, 0.3) is 0 Å². The van der Waals surface area contributed by atoms with E-state index in [0.29, 0.717) is 37.6 Å². The Morgan fingerprint density at radius 2 is 1.91 bits per heavy atom.